The quantitative estimate of drug-likeness (QED) is 0.706. The Hall–Kier alpha value is -1.31. The Morgan fingerprint density at radius 2 is 2.11 bits per heavy atom. The first kappa shape index (κ1) is 20.4. The summed E-state index contributed by atoms with van der Waals surface area (Å²) in [5.41, 5.74) is 1.01. The SMILES string of the molecule is CCN(CC)C(=O)CC1CN(Cc2c(Cl)nc(OC)n2C)C2(CCC2)CO1. The van der Waals surface area contributed by atoms with Crippen LogP contribution in [0.15, 0.2) is 0 Å². The van der Waals surface area contributed by atoms with Crippen LogP contribution in [0.1, 0.15) is 45.2 Å². The molecule has 1 atom stereocenters. The second kappa shape index (κ2) is 8.37. The summed E-state index contributed by atoms with van der Waals surface area (Å²) >= 11 is 6.37. The topological polar surface area (TPSA) is 59.8 Å². The normalized spacial score (nSPS) is 21.9. The molecule has 0 bridgehead atoms. The maximum Gasteiger partial charge on any atom is 0.297 e. The highest BCUT2D eigenvalue weighted by atomic mass is 35.5. The molecule has 1 aromatic heterocycles. The van der Waals surface area contributed by atoms with E-state index in [4.69, 9.17) is 21.1 Å². The number of hydrogen-bond donors (Lipinski definition) is 0. The van der Waals surface area contributed by atoms with Crippen molar-refractivity contribution in [3.8, 4) is 6.01 Å². The van der Waals surface area contributed by atoms with Crippen molar-refractivity contribution in [3.05, 3.63) is 10.8 Å². The van der Waals surface area contributed by atoms with Crippen molar-refractivity contribution in [2.24, 2.45) is 7.05 Å². The van der Waals surface area contributed by atoms with Crippen molar-refractivity contribution in [1.82, 2.24) is 19.4 Å². The summed E-state index contributed by atoms with van der Waals surface area (Å²) < 4.78 is 13.3. The van der Waals surface area contributed by atoms with Crippen LogP contribution in [0, 0.1) is 0 Å². The molecule has 7 nitrogen and oxygen atoms in total. The standard InChI is InChI=1S/C19H31ClN4O3/c1-5-23(6-2)16(25)10-14-11-24(19(13-27-14)8-7-9-19)12-15-17(20)21-18(26-4)22(15)3/h14H,5-13H2,1-4H3. The molecular weight excluding hydrogens is 368 g/mol. The number of carbonyl (C=O) groups is 1. The van der Waals surface area contributed by atoms with Crippen LogP contribution < -0.4 is 4.74 Å². The zero-order chi connectivity index (χ0) is 19.6. The van der Waals surface area contributed by atoms with Crippen LogP contribution in [0.25, 0.3) is 0 Å². The van der Waals surface area contributed by atoms with E-state index in [1.165, 1.54) is 6.42 Å². The number of aromatic nitrogens is 2. The lowest BCUT2D eigenvalue weighted by Crippen LogP contribution is -2.63. The molecule has 1 aromatic rings. The van der Waals surface area contributed by atoms with Crippen molar-refractivity contribution < 1.29 is 14.3 Å². The third kappa shape index (κ3) is 3.96. The van der Waals surface area contributed by atoms with Crippen LogP contribution in [0.5, 0.6) is 6.01 Å². The van der Waals surface area contributed by atoms with Gasteiger partial charge in [-0.05, 0) is 33.1 Å². The third-order valence-corrected chi connectivity index (χ3v) is 6.43. The summed E-state index contributed by atoms with van der Waals surface area (Å²) in [6.07, 6.45) is 3.80. The van der Waals surface area contributed by atoms with E-state index in [0.29, 0.717) is 30.7 Å². The van der Waals surface area contributed by atoms with Gasteiger partial charge in [0.25, 0.3) is 6.01 Å². The summed E-state index contributed by atoms with van der Waals surface area (Å²) in [5, 5.41) is 0.478. The van der Waals surface area contributed by atoms with Crippen LogP contribution in [0.2, 0.25) is 5.15 Å². The Morgan fingerprint density at radius 1 is 1.41 bits per heavy atom. The minimum absolute atomic E-state index is 0.0651. The Labute approximate surface area is 166 Å². The first-order valence-electron chi connectivity index (χ1n) is 9.83. The molecule has 1 unspecified atom stereocenters. The lowest BCUT2D eigenvalue weighted by molar-refractivity contribution is -0.158. The second-order valence-corrected chi connectivity index (χ2v) is 7.91. The number of carbonyl (C=O) groups excluding carboxylic acids is 1. The highest BCUT2D eigenvalue weighted by Gasteiger charge is 2.47. The lowest BCUT2D eigenvalue weighted by atomic mass is 9.74. The van der Waals surface area contributed by atoms with E-state index >= 15 is 0 Å². The summed E-state index contributed by atoms with van der Waals surface area (Å²) in [5.74, 6) is 0.162. The van der Waals surface area contributed by atoms with Gasteiger partial charge in [-0.25, -0.2) is 0 Å². The molecule has 2 aliphatic rings. The van der Waals surface area contributed by atoms with E-state index in [1.54, 1.807) is 7.11 Å². The van der Waals surface area contributed by atoms with Crippen LogP contribution in [-0.4, -0.2) is 70.3 Å². The number of hydrogen-bond acceptors (Lipinski definition) is 5. The van der Waals surface area contributed by atoms with Crippen molar-refractivity contribution >= 4 is 17.5 Å². The predicted molar refractivity (Wildman–Crippen MR) is 104 cm³/mol. The number of amides is 1. The monoisotopic (exact) mass is 398 g/mol. The molecule has 2 fully saturated rings. The molecule has 152 valence electrons. The van der Waals surface area contributed by atoms with Gasteiger partial charge < -0.3 is 14.4 Å². The molecular formula is C19H31ClN4O3. The van der Waals surface area contributed by atoms with Gasteiger partial charge in [-0.3, -0.25) is 14.3 Å². The average Bonchev–Trinajstić information content (AvgIpc) is 2.89. The second-order valence-electron chi connectivity index (χ2n) is 7.56. The highest BCUT2D eigenvalue weighted by molar-refractivity contribution is 6.30. The number of imidazole rings is 1. The van der Waals surface area contributed by atoms with Gasteiger partial charge in [-0.1, -0.05) is 11.6 Å². The predicted octanol–water partition coefficient (Wildman–Crippen LogP) is 2.46. The van der Waals surface area contributed by atoms with Crippen LogP contribution >= 0.6 is 11.6 Å². The molecule has 3 rings (SSSR count). The van der Waals surface area contributed by atoms with E-state index in [-0.39, 0.29) is 17.6 Å². The molecule has 1 aliphatic heterocycles. The van der Waals surface area contributed by atoms with E-state index in [9.17, 15) is 4.79 Å². The Morgan fingerprint density at radius 3 is 2.63 bits per heavy atom. The Bertz CT molecular complexity index is 670. The van der Waals surface area contributed by atoms with Gasteiger partial charge in [0.15, 0.2) is 5.15 Å². The van der Waals surface area contributed by atoms with E-state index < -0.39 is 0 Å². The average molecular weight is 399 g/mol. The van der Waals surface area contributed by atoms with Crippen LogP contribution in [-0.2, 0) is 23.1 Å². The van der Waals surface area contributed by atoms with Gasteiger partial charge in [-0.15, -0.1) is 0 Å². The molecule has 1 saturated heterocycles. The number of ether oxygens (including phenoxy) is 2. The van der Waals surface area contributed by atoms with Crippen LogP contribution in [0.4, 0.5) is 0 Å². The number of halogens is 1. The fourth-order valence-corrected chi connectivity index (χ4v) is 4.43. The van der Waals surface area contributed by atoms with Crippen molar-refractivity contribution in [2.45, 2.75) is 57.7 Å². The molecule has 1 aliphatic carbocycles. The largest absolute Gasteiger partial charge is 0.468 e. The minimum atomic E-state index is -0.0850. The van der Waals surface area contributed by atoms with Gasteiger partial charge in [0.1, 0.15) is 0 Å². The molecule has 0 radical (unpaired) electrons. The Balaban J connectivity index is 1.73. The van der Waals surface area contributed by atoms with E-state index in [0.717, 1.165) is 38.2 Å². The van der Waals surface area contributed by atoms with Gasteiger partial charge in [0, 0.05) is 38.8 Å². The molecule has 1 amide bonds. The molecule has 0 aromatic carbocycles. The van der Waals surface area contributed by atoms with Crippen molar-refractivity contribution in [3.63, 3.8) is 0 Å². The summed E-state index contributed by atoms with van der Waals surface area (Å²) in [6, 6.07) is 0.513. The lowest BCUT2D eigenvalue weighted by Gasteiger charge is -2.54. The maximum absolute atomic E-state index is 12.5. The first-order chi connectivity index (χ1) is 12.9. The first-order valence-corrected chi connectivity index (χ1v) is 10.2. The van der Waals surface area contributed by atoms with Crippen molar-refractivity contribution in [2.75, 3.05) is 33.4 Å². The maximum atomic E-state index is 12.5. The van der Waals surface area contributed by atoms with Gasteiger partial charge in [0.2, 0.25) is 5.91 Å². The summed E-state index contributed by atoms with van der Waals surface area (Å²) in [4.78, 5) is 21.1. The fraction of sp³-hybridized carbons (Fsp3) is 0.789. The smallest absolute Gasteiger partial charge is 0.297 e. The van der Waals surface area contributed by atoms with E-state index in [1.807, 2.05) is 30.4 Å². The zero-order valence-electron chi connectivity index (χ0n) is 16.8. The fourth-order valence-electron chi connectivity index (χ4n) is 4.17. The van der Waals surface area contributed by atoms with Gasteiger partial charge >= 0.3 is 0 Å². The zero-order valence-corrected chi connectivity index (χ0v) is 17.6. The van der Waals surface area contributed by atoms with E-state index in [2.05, 4.69) is 9.88 Å². The van der Waals surface area contributed by atoms with Crippen molar-refractivity contribution in [1.29, 1.82) is 0 Å². The Kier molecular flexibility index (Phi) is 6.33. The molecule has 27 heavy (non-hydrogen) atoms. The van der Waals surface area contributed by atoms with Gasteiger partial charge in [-0.2, -0.15) is 4.98 Å². The summed E-state index contributed by atoms with van der Waals surface area (Å²) in [7, 11) is 3.52. The molecule has 1 spiro atoms. The number of methoxy groups -OCH3 is 1. The molecule has 1 saturated carbocycles. The molecule has 2 heterocycles. The molecule has 8 heteroatoms. The van der Waals surface area contributed by atoms with Gasteiger partial charge in [0.05, 0.1) is 31.9 Å². The number of rotatable bonds is 7. The highest BCUT2D eigenvalue weighted by Crippen LogP contribution is 2.42. The summed E-state index contributed by atoms with van der Waals surface area (Å²) in [6.45, 7) is 7.59. The van der Waals surface area contributed by atoms with Crippen LogP contribution in [0.3, 0.4) is 0 Å². The number of nitrogens with zero attached hydrogens (tertiary/aromatic N) is 4. The molecule has 0 N–H and O–H groups in total. The third-order valence-electron chi connectivity index (χ3n) is 6.13. The minimum Gasteiger partial charge on any atom is -0.468 e. The number of morpholine rings is 1.